The van der Waals surface area contributed by atoms with Crippen LogP contribution in [0.2, 0.25) is 0 Å². The molecule has 0 atom stereocenters. The van der Waals surface area contributed by atoms with E-state index >= 15 is 0 Å². The van der Waals surface area contributed by atoms with Gasteiger partial charge in [0.05, 0.1) is 20.5 Å². The second kappa shape index (κ2) is 8.18. The lowest BCUT2D eigenvalue weighted by atomic mass is 10.0. The minimum atomic E-state index is -1.47. The monoisotopic (exact) mass is 353 g/mol. The molecule has 0 N–H and O–H groups in total. The second-order valence-corrected chi connectivity index (χ2v) is 4.75. The molecule has 1 aromatic heterocycles. The highest BCUT2D eigenvalue weighted by Crippen LogP contribution is 2.23. The van der Waals surface area contributed by atoms with E-state index in [0.29, 0.717) is 17.2 Å². The lowest BCUT2D eigenvalue weighted by molar-refractivity contribution is -0.133. The molecule has 0 spiro atoms. The zero-order chi connectivity index (χ0) is 18.4. The summed E-state index contributed by atoms with van der Waals surface area (Å²) in [6, 6.07) is 6.89. The van der Waals surface area contributed by atoms with Crippen LogP contribution in [0.1, 0.15) is 11.1 Å². The summed E-state index contributed by atoms with van der Waals surface area (Å²) < 4.78 is 54.3. The van der Waals surface area contributed by atoms with E-state index in [4.69, 9.17) is 14.2 Å². The molecule has 0 radical (unpaired) electrons. The normalized spacial score (nSPS) is 11.2. The molecule has 0 fully saturated rings. The molecule has 0 saturated heterocycles. The Morgan fingerprint density at radius 2 is 1.88 bits per heavy atom. The fraction of sp³-hybridized carbons (Fsp3) is 0.176. The number of methoxy groups -OCH3 is 2. The summed E-state index contributed by atoms with van der Waals surface area (Å²) >= 11 is 0. The number of ether oxygens (including phenoxy) is 3. The van der Waals surface area contributed by atoms with Crippen molar-refractivity contribution in [2.24, 2.45) is 0 Å². The van der Waals surface area contributed by atoms with Crippen LogP contribution in [0.25, 0.3) is 5.57 Å². The molecule has 0 aliphatic rings. The van der Waals surface area contributed by atoms with Crippen molar-refractivity contribution in [3.05, 3.63) is 65.3 Å². The lowest BCUT2D eigenvalue weighted by Crippen LogP contribution is -2.09. The van der Waals surface area contributed by atoms with Crippen LogP contribution in [0.5, 0.6) is 5.88 Å². The molecule has 8 heteroatoms. The summed E-state index contributed by atoms with van der Waals surface area (Å²) in [6.45, 7) is -0.247. The van der Waals surface area contributed by atoms with Gasteiger partial charge in [0, 0.05) is 6.07 Å². The maximum atomic E-state index is 13.6. The van der Waals surface area contributed by atoms with Gasteiger partial charge in [-0.3, -0.25) is 0 Å². The van der Waals surface area contributed by atoms with Gasteiger partial charge in [-0.1, -0.05) is 24.3 Å². The van der Waals surface area contributed by atoms with Gasteiger partial charge in [0.15, 0.2) is 11.6 Å². The summed E-state index contributed by atoms with van der Waals surface area (Å²) in [5.74, 6) is -5.37. The van der Waals surface area contributed by atoms with Crippen molar-refractivity contribution in [1.82, 2.24) is 4.98 Å². The number of hydrogen-bond donors (Lipinski definition) is 0. The van der Waals surface area contributed by atoms with Crippen molar-refractivity contribution < 1.29 is 32.2 Å². The SMILES string of the molecule is CO/C=C(/C(=O)OC)c1ccccc1COc1nc(F)c(F)cc1F. The van der Waals surface area contributed by atoms with Gasteiger partial charge < -0.3 is 14.2 Å². The Balaban J connectivity index is 2.31. The molecule has 0 aliphatic heterocycles. The number of rotatable bonds is 6. The van der Waals surface area contributed by atoms with Gasteiger partial charge in [-0.25, -0.2) is 13.6 Å². The smallest absolute Gasteiger partial charge is 0.341 e. The van der Waals surface area contributed by atoms with E-state index < -0.39 is 29.4 Å². The number of hydrogen-bond acceptors (Lipinski definition) is 5. The number of pyridine rings is 1. The molecule has 0 bridgehead atoms. The first-order valence-electron chi connectivity index (χ1n) is 7.01. The summed E-state index contributed by atoms with van der Waals surface area (Å²) in [7, 11) is 2.58. The molecule has 5 nitrogen and oxygen atoms in total. The Hall–Kier alpha value is -3.03. The molecule has 1 heterocycles. The Kier molecular flexibility index (Phi) is 5.99. The van der Waals surface area contributed by atoms with Gasteiger partial charge in [0.1, 0.15) is 12.2 Å². The third-order valence-corrected chi connectivity index (χ3v) is 3.17. The third kappa shape index (κ3) is 4.28. The zero-order valence-electron chi connectivity index (χ0n) is 13.4. The van der Waals surface area contributed by atoms with E-state index in [1.165, 1.54) is 20.5 Å². The molecule has 132 valence electrons. The first-order chi connectivity index (χ1) is 12.0. The molecular formula is C17H14F3NO4. The maximum Gasteiger partial charge on any atom is 0.341 e. The van der Waals surface area contributed by atoms with Crippen LogP contribution < -0.4 is 4.74 Å². The lowest BCUT2D eigenvalue weighted by Gasteiger charge is -2.12. The number of carbonyl (C=O) groups is 1. The molecule has 1 aromatic carbocycles. The largest absolute Gasteiger partial charge is 0.503 e. The quantitative estimate of drug-likeness (QED) is 0.345. The number of carbonyl (C=O) groups excluding carboxylic acids is 1. The van der Waals surface area contributed by atoms with Crippen molar-refractivity contribution in [1.29, 1.82) is 0 Å². The fourth-order valence-electron chi connectivity index (χ4n) is 2.03. The number of halogens is 3. The van der Waals surface area contributed by atoms with Crippen molar-refractivity contribution in [3.63, 3.8) is 0 Å². The molecule has 2 aromatic rings. The first-order valence-corrected chi connectivity index (χ1v) is 7.01. The highest BCUT2D eigenvalue weighted by Gasteiger charge is 2.18. The molecule has 2 rings (SSSR count). The van der Waals surface area contributed by atoms with Gasteiger partial charge in [-0.2, -0.15) is 9.37 Å². The van der Waals surface area contributed by atoms with Crippen LogP contribution in [0.3, 0.4) is 0 Å². The van der Waals surface area contributed by atoms with E-state index in [0.717, 1.165) is 0 Å². The Morgan fingerprint density at radius 1 is 1.16 bits per heavy atom. The first kappa shape index (κ1) is 18.3. The zero-order valence-corrected chi connectivity index (χ0v) is 13.4. The van der Waals surface area contributed by atoms with E-state index in [9.17, 15) is 18.0 Å². The highest BCUT2D eigenvalue weighted by atomic mass is 19.2. The van der Waals surface area contributed by atoms with E-state index in [1.807, 2.05) is 0 Å². The topological polar surface area (TPSA) is 57.7 Å². The maximum absolute atomic E-state index is 13.6. The minimum Gasteiger partial charge on any atom is -0.503 e. The average Bonchev–Trinajstić information content (AvgIpc) is 2.61. The molecule has 0 amide bonds. The number of esters is 1. The summed E-state index contributed by atoms with van der Waals surface area (Å²) in [4.78, 5) is 15.0. The van der Waals surface area contributed by atoms with Crippen LogP contribution >= 0.6 is 0 Å². The van der Waals surface area contributed by atoms with Crippen LogP contribution in [-0.4, -0.2) is 25.2 Å². The van der Waals surface area contributed by atoms with E-state index in [-0.39, 0.29) is 12.2 Å². The standard InChI is InChI=1S/C17H14F3NO4/c1-23-9-12(17(22)24-2)11-6-4-3-5-10(11)8-25-16-14(19)7-13(18)15(20)21-16/h3-7,9H,8H2,1-2H3/b12-9+. The average molecular weight is 353 g/mol. The van der Waals surface area contributed by atoms with Crippen LogP contribution in [0.4, 0.5) is 13.2 Å². The Morgan fingerprint density at radius 3 is 2.56 bits per heavy atom. The summed E-state index contributed by atoms with van der Waals surface area (Å²) in [6.07, 6.45) is 1.20. The molecular weight excluding hydrogens is 339 g/mol. The molecule has 0 aliphatic carbocycles. The summed E-state index contributed by atoms with van der Waals surface area (Å²) in [5, 5.41) is 0. The van der Waals surface area contributed by atoms with Crippen molar-refractivity contribution >= 4 is 11.5 Å². The Labute approximate surface area is 141 Å². The van der Waals surface area contributed by atoms with E-state index in [2.05, 4.69) is 4.98 Å². The van der Waals surface area contributed by atoms with Crippen LogP contribution in [0, 0.1) is 17.6 Å². The van der Waals surface area contributed by atoms with Gasteiger partial charge in [0.25, 0.3) is 11.8 Å². The van der Waals surface area contributed by atoms with Crippen LogP contribution in [-0.2, 0) is 20.9 Å². The third-order valence-electron chi connectivity index (χ3n) is 3.17. The highest BCUT2D eigenvalue weighted by molar-refractivity contribution is 6.16. The van der Waals surface area contributed by atoms with Gasteiger partial charge in [-0.15, -0.1) is 0 Å². The predicted molar refractivity (Wildman–Crippen MR) is 81.9 cm³/mol. The molecule has 0 saturated carbocycles. The van der Waals surface area contributed by atoms with Crippen molar-refractivity contribution in [2.75, 3.05) is 14.2 Å². The van der Waals surface area contributed by atoms with Gasteiger partial charge in [-0.05, 0) is 11.1 Å². The Bertz CT molecular complexity index is 808. The molecule has 0 unspecified atom stereocenters. The summed E-state index contributed by atoms with van der Waals surface area (Å²) in [5.41, 5.74) is 0.990. The van der Waals surface area contributed by atoms with Crippen molar-refractivity contribution in [2.45, 2.75) is 6.61 Å². The number of nitrogens with zero attached hydrogens (tertiary/aromatic N) is 1. The van der Waals surface area contributed by atoms with Crippen molar-refractivity contribution in [3.8, 4) is 5.88 Å². The minimum absolute atomic E-state index is 0.114. The predicted octanol–water partition coefficient (Wildman–Crippen LogP) is 3.24. The molecule has 25 heavy (non-hydrogen) atoms. The van der Waals surface area contributed by atoms with Gasteiger partial charge in [0.2, 0.25) is 0 Å². The number of aromatic nitrogens is 1. The fourth-order valence-corrected chi connectivity index (χ4v) is 2.03. The second-order valence-electron chi connectivity index (χ2n) is 4.75. The number of benzene rings is 1. The van der Waals surface area contributed by atoms with E-state index in [1.54, 1.807) is 24.3 Å². The van der Waals surface area contributed by atoms with Gasteiger partial charge >= 0.3 is 5.97 Å². The van der Waals surface area contributed by atoms with Crippen LogP contribution in [0.15, 0.2) is 36.6 Å².